The fraction of sp³-hybridized carbons (Fsp3) is 0.235. The first kappa shape index (κ1) is 19.7. The van der Waals surface area contributed by atoms with E-state index < -0.39 is 15.9 Å². The monoisotopic (exact) mass is 400 g/mol. The molecule has 0 unspecified atom stereocenters. The van der Waals surface area contributed by atoms with Gasteiger partial charge in [-0.15, -0.1) is 0 Å². The number of nitrogens with zero attached hydrogens (tertiary/aromatic N) is 1. The predicted molar refractivity (Wildman–Crippen MR) is 101 cm³/mol. The van der Waals surface area contributed by atoms with Crippen LogP contribution in [0.25, 0.3) is 0 Å². The summed E-state index contributed by atoms with van der Waals surface area (Å²) in [5.41, 5.74) is 0.702. The Morgan fingerprint density at radius 1 is 1.04 bits per heavy atom. The summed E-state index contributed by atoms with van der Waals surface area (Å²) in [7, 11) is -3.53. The third-order valence-electron chi connectivity index (χ3n) is 3.65. The van der Waals surface area contributed by atoms with Crippen molar-refractivity contribution >= 4 is 44.8 Å². The number of hydrogen-bond acceptors (Lipinski definition) is 3. The Hall–Kier alpha value is -1.60. The normalized spacial score (nSPS) is 11.6. The molecule has 0 aliphatic heterocycles. The molecular formula is C17H18Cl2N2O3S. The summed E-state index contributed by atoms with van der Waals surface area (Å²) in [6.45, 7) is 4.35. The van der Waals surface area contributed by atoms with Crippen molar-refractivity contribution in [1.82, 2.24) is 4.31 Å². The minimum Gasteiger partial charge on any atom is -0.322 e. The van der Waals surface area contributed by atoms with Crippen molar-refractivity contribution in [3.8, 4) is 0 Å². The van der Waals surface area contributed by atoms with Crippen molar-refractivity contribution in [3.05, 3.63) is 58.1 Å². The topological polar surface area (TPSA) is 66.5 Å². The standard InChI is InChI=1S/C17H18Cl2N2O3S/c1-3-21(4-2)25(23,24)13-10-8-12(9-11-13)20-17(22)14-6-5-7-15(18)16(14)19/h5-11H,3-4H2,1-2H3,(H,20,22). The molecule has 0 bridgehead atoms. The fourth-order valence-electron chi connectivity index (χ4n) is 2.30. The number of halogens is 2. The van der Waals surface area contributed by atoms with Crippen molar-refractivity contribution in [2.45, 2.75) is 18.7 Å². The molecule has 2 aromatic rings. The molecule has 0 aliphatic carbocycles. The Kier molecular flexibility index (Phi) is 6.46. The molecule has 0 aliphatic rings. The summed E-state index contributed by atoms with van der Waals surface area (Å²) >= 11 is 11.9. The summed E-state index contributed by atoms with van der Waals surface area (Å²) in [5, 5.41) is 3.13. The number of benzene rings is 2. The van der Waals surface area contributed by atoms with Gasteiger partial charge in [-0.25, -0.2) is 8.42 Å². The number of rotatable bonds is 6. The zero-order valence-corrected chi connectivity index (χ0v) is 16.1. The second-order valence-corrected chi connectivity index (χ2v) is 7.89. The van der Waals surface area contributed by atoms with E-state index in [0.29, 0.717) is 18.8 Å². The van der Waals surface area contributed by atoms with E-state index in [9.17, 15) is 13.2 Å². The van der Waals surface area contributed by atoms with Crippen LogP contribution in [0.5, 0.6) is 0 Å². The van der Waals surface area contributed by atoms with E-state index in [4.69, 9.17) is 23.2 Å². The van der Waals surface area contributed by atoms with Crippen LogP contribution in [0.1, 0.15) is 24.2 Å². The van der Waals surface area contributed by atoms with Gasteiger partial charge in [0.25, 0.3) is 5.91 Å². The Balaban J connectivity index is 2.21. The third-order valence-corrected chi connectivity index (χ3v) is 6.53. The molecule has 25 heavy (non-hydrogen) atoms. The summed E-state index contributed by atoms with van der Waals surface area (Å²) < 4.78 is 26.2. The lowest BCUT2D eigenvalue weighted by molar-refractivity contribution is 0.102. The van der Waals surface area contributed by atoms with Crippen LogP contribution < -0.4 is 5.32 Å². The van der Waals surface area contributed by atoms with Crippen LogP contribution in [-0.4, -0.2) is 31.7 Å². The summed E-state index contributed by atoms with van der Waals surface area (Å²) in [5.74, 6) is -0.424. The number of sulfonamides is 1. The number of nitrogens with one attached hydrogen (secondary N) is 1. The van der Waals surface area contributed by atoms with Gasteiger partial charge in [0.1, 0.15) is 0 Å². The van der Waals surface area contributed by atoms with Gasteiger partial charge in [0.05, 0.1) is 20.5 Å². The Labute approximate surface area is 157 Å². The van der Waals surface area contributed by atoms with E-state index >= 15 is 0 Å². The van der Waals surface area contributed by atoms with E-state index in [1.807, 2.05) is 0 Å². The molecule has 2 rings (SSSR count). The summed E-state index contributed by atoms with van der Waals surface area (Å²) in [6.07, 6.45) is 0. The molecule has 0 saturated heterocycles. The van der Waals surface area contributed by atoms with Crippen LogP contribution in [0.15, 0.2) is 47.4 Å². The van der Waals surface area contributed by atoms with E-state index in [-0.39, 0.29) is 20.5 Å². The first-order chi connectivity index (χ1) is 11.8. The van der Waals surface area contributed by atoms with E-state index in [1.54, 1.807) is 32.0 Å². The van der Waals surface area contributed by atoms with Gasteiger partial charge in [0.15, 0.2) is 0 Å². The lowest BCUT2D eigenvalue weighted by Crippen LogP contribution is -2.30. The number of hydrogen-bond donors (Lipinski definition) is 1. The molecule has 1 amide bonds. The van der Waals surface area contributed by atoms with Gasteiger partial charge in [0.2, 0.25) is 10.0 Å². The second kappa shape index (κ2) is 8.19. The smallest absolute Gasteiger partial charge is 0.257 e. The first-order valence-electron chi connectivity index (χ1n) is 7.66. The molecule has 8 heteroatoms. The Morgan fingerprint density at radius 3 is 2.20 bits per heavy atom. The molecule has 0 aromatic heterocycles. The number of anilines is 1. The highest BCUT2D eigenvalue weighted by Crippen LogP contribution is 2.26. The molecule has 0 atom stereocenters. The van der Waals surface area contributed by atoms with Gasteiger partial charge in [-0.2, -0.15) is 4.31 Å². The second-order valence-electron chi connectivity index (χ2n) is 5.17. The molecule has 1 N–H and O–H groups in total. The van der Waals surface area contributed by atoms with Gasteiger partial charge in [-0.1, -0.05) is 43.1 Å². The minimum atomic E-state index is -3.53. The summed E-state index contributed by atoms with van der Waals surface area (Å²) in [6, 6.07) is 10.8. The van der Waals surface area contributed by atoms with E-state index in [2.05, 4.69) is 5.32 Å². The third kappa shape index (κ3) is 4.33. The lowest BCUT2D eigenvalue weighted by atomic mass is 10.2. The van der Waals surface area contributed by atoms with Crippen LogP contribution >= 0.6 is 23.2 Å². The largest absolute Gasteiger partial charge is 0.322 e. The quantitative estimate of drug-likeness (QED) is 0.786. The van der Waals surface area contributed by atoms with Crippen molar-refractivity contribution in [3.63, 3.8) is 0 Å². The van der Waals surface area contributed by atoms with Crippen molar-refractivity contribution < 1.29 is 13.2 Å². The highest BCUT2D eigenvalue weighted by Gasteiger charge is 2.21. The average molecular weight is 401 g/mol. The Morgan fingerprint density at radius 2 is 1.64 bits per heavy atom. The summed E-state index contributed by atoms with van der Waals surface area (Å²) in [4.78, 5) is 12.5. The van der Waals surface area contributed by atoms with Gasteiger partial charge >= 0.3 is 0 Å². The van der Waals surface area contributed by atoms with Crippen LogP contribution in [-0.2, 0) is 10.0 Å². The number of amides is 1. The average Bonchev–Trinajstić information content (AvgIpc) is 2.58. The number of carbonyl (C=O) groups is 1. The number of carbonyl (C=O) groups excluding carboxylic acids is 1. The van der Waals surface area contributed by atoms with Crippen LogP contribution in [0, 0.1) is 0 Å². The molecular weight excluding hydrogens is 383 g/mol. The Bertz CT molecular complexity index is 864. The van der Waals surface area contributed by atoms with Crippen LogP contribution in [0.2, 0.25) is 10.0 Å². The van der Waals surface area contributed by atoms with Gasteiger partial charge in [-0.05, 0) is 36.4 Å². The first-order valence-corrected chi connectivity index (χ1v) is 9.86. The maximum atomic E-state index is 12.4. The highest BCUT2D eigenvalue weighted by atomic mass is 35.5. The fourth-order valence-corrected chi connectivity index (χ4v) is 4.14. The van der Waals surface area contributed by atoms with Gasteiger partial charge in [-0.3, -0.25) is 4.79 Å². The molecule has 5 nitrogen and oxygen atoms in total. The minimum absolute atomic E-state index is 0.169. The van der Waals surface area contributed by atoms with Crippen LogP contribution in [0.3, 0.4) is 0 Å². The van der Waals surface area contributed by atoms with E-state index in [0.717, 1.165) is 0 Å². The molecule has 134 valence electrons. The van der Waals surface area contributed by atoms with Crippen molar-refractivity contribution in [2.24, 2.45) is 0 Å². The molecule has 0 heterocycles. The SMILES string of the molecule is CCN(CC)S(=O)(=O)c1ccc(NC(=O)c2cccc(Cl)c2Cl)cc1. The molecule has 0 fully saturated rings. The maximum absolute atomic E-state index is 12.4. The van der Waals surface area contributed by atoms with Crippen molar-refractivity contribution in [1.29, 1.82) is 0 Å². The maximum Gasteiger partial charge on any atom is 0.257 e. The van der Waals surface area contributed by atoms with E-state index in [1.165, 1.54) is 28.6 Å². The zero-order valence-electron chi connectivity index (χ0n) is 13.8. The molecule has 0 saturated carbocycles. The lowest BCUT2D eigenvalue weighted by Gasteiger charge is -2.18. The van der Waals surface area contributed by atoms with Crippen molar-refractivity contribution in [2.75, 3.05) is 18.4 Å². The van der Waals surface area contributed by atoms with Crippen LogP contribution in [0.4, 0.5) is 5.69 Å². The van der Waals surface area contributed by atoms with Gasteiger partial charge < -0.3 is 5.32 Å². The molecule has 2 aromatic carbocycles. The molecule has 0 spiro atoms. The highest BCUT2D eigenvalue weighted by molar-refractivity contribution is 7.89. The zero-order chi connectivity index (χ0) is 18.6. The predicted octanol–water partition coefficient (Wildman–Crippen LogP) is 4.28. The molecule has 0 radical (unpaired) electrons. The van der Waals surface area contributed by atoms with Gasteiger partial charge in [0, 0.05) is 18.8 Å².